The molecule has 108 valence electrons. The maximum Gasteiger partial charge on any atom is 0.337 e. The Balaban J connectivity index is 2.26. The zero-order chi connectivity index (χ0) is 15.2. The fraction of sp³-hybridized carbons (Fsp3) is 0.133. The molecular formula is C15H13NO4S. The van der Waals surface area contributed by atoms with Crippen molar-refractivity contribution in [2.24, 2.45) is 0 Å². The number of carbonyl (C=O) groups excluding carboxylic acids is 1. The van der Waals surface area contributed by atoms with E-state index >= 15 is 0 Å². The van der Waals surface area contributed by atoms with E-state index in [1.165, 1.54) is 37.1 Å². The van der Waals surface area contributed by atoms with Crippen LogP contribution in [0.5, 0.6) is 0 Å². The van der Waals surface area contributed by atoms with Crippen molar-refractivity contribution < 1.29 is 14.5 Å². The van der Waals surface area contributed by atoms with Crippen LogP contribution in [0.1, 0.15) is 15.9 Å². The van der Waals surface area contributed by atoms with Gasteiger partial charge in [0, 0.05) is 11.8 Å². The normalized spacial score (nSPS) is 10.1. The smallest absolute Gasteiger partial charge is 0.337 e. The number of benzene rings is 2. The first-order valence-corrected chi connectivity index (χ1v) is 7.14. The summed E-state index contributed by atoms with van der Waals surface area (Å²) in [5.41, 5.74) is 1.35. The fourth-order valence-corrected chi connectivity index (χ4v) is 2.78. The van der Waals surface area contributed by atoms with Gasteiger partial charge in [0.2, 0.25) is 0 Å². The van der Waals surface area contributed by atoms with Crippen LogP contribution in [0.4, 0.5) is 5.69 Å². The van der Waals surface area contributed by atoms with Gasteiger partial charge in [-0.25, -0.2) is 4.79 Å². The number of hydrogen-bond donors (Lipinski definition) is 0. The second-order valence-corrected chi connectivity index (χ2v) is 5.22. The summed E-state index contributed by atoms with van der Waals surface area (Å²) in [5, 5.41) is 11.1. The molecule has 5 nitrogen and oxygen atoms in total. The molecule has 0 bridgehead atoms. The van der Waals surface area contributed by atoms with Crippen LogP contribution in [0, 0.1) is 10.1 Å². The van der Waals surface area contributed by atoms with Gasteiger partial charge in [0.25, 0.3) is 5.69 Å². The van der Waals surface area contributed by atoms with Crippen molar-refractivity contribution in [1.82, 2.24) is 0 Å². The van der Waals surface area contributed by atoms with Crippen molar-refractivity contribution in [3.63, 3.8) is 0 Å². The Bertz CT molecular complexity index is 658. The molecule has 0 spiro atoms. The fourth-order valence-electron chi connectivity index (χ4n) is 1.76. The van der Waals surface area contributed by atoms with Gasteiger partial charge < -0.3 is 4.74 Å². The molecule has 0 N–H and O–H groups in total. The Morgan fingerprint density at radius 1 is 1.24 bits per heavy atom. The van der Waals surface area contributed by atoms with Gasteiger partial charge in [0.15, 0.2) is 0 Å². The molecule has 0 heterocycles. The number of thioether (sulfide) groups is 1. The van der Waals surface area contributed by atoms with Crippen LogP contribution in [0.3, 0.4) is 0 Å². The first-order chi connectivity index (χ1) is 10.1. The van der Waals surface area contributed by atoms with E-state index in [1.54, 1.807) is 0 Å². The minimum absolute atomic E-state index is 0.0106. The predicted molar refractivity (Wildman–Crippen MR) is 80.4 cm³/mol. The molecule has 0 aromatic heterocycles. The van der Waals surface area contributed by atoms with E-state index in [0.717, 1.165) is 5.56 Å². The van der Waals surface area contributed by atoms with Crippen molar-refractivity contribution >= 4 is 23.4 Å². The molecule has 0 aliphatic heterocycles. The highest BCUT2D eigenvalue weighted by atomic mass is 32.2. The maximum atomic E-state index is 11.5. The first kappa shape index (κ1) is 15.1. The van der Waals surface area contributed by atoms with Crippen LogP contribution in [-0.4, -0.2) is 18.0 Å². The quantitative estimate of drug-likeness (QED) is 0.365. The summed E-state index contributed by atoms with van der Waals surface area (Å²) >= 11 is 1.32. The summed E-state index contributed by atoms with van der Waals surface area (Å²) in [6.07, 6.45) is 0. The number of methoxy groups -OCH3 is 1. The number of nitro groups is 1. The molecule has 0 amide bonds. The van der Waals surface area contributed by atoms with Gasteiger partial charge in [-0.05, 0) is 17.7 Å². The van der Waals surface area contributed by atoms with Crippen molar-refractivity contribution in [1.29, 1.82) is 0 Å². The van der Waals surface area contributed by atoms with Crippen LogP contribution in [-0.2, 0) is 10.5 Å². The van der Waals surface area contributed by atoms with Gasteiger partial charge in [-0.1, -0.05) is 30.3 Å². The molecule has 6 heteroatoms. The first-order valence-electron chi connectivity index (χ1n) is 6.15. The highest BCUT2D eigenvalue weighted by Gasteiger charge is 2.17. The third-order valence-electron chi connectivity index (χ3n) is 2.81. The Hall–Kier alpha value is -2.34. The average molecular weight is 303 g/mol. The summed E-state index contributed by atoms with van der Waals surface area (Å²) in [7, 11) is 1.28. The zero-order valence-electron chi connectivity index (χ0n) is 11.3. The molecular weight excluding hydrogens is 290 g/mol. The third kappa shape index (κ3) is 3.82. The van der Waals surface area contributed by atoms with Crippen LogP contribution in [0.15, 0.2) is 53.4 Å². The number of esters is 1. The molecule has 0 saturated carbocycles. The Morgan fingerprint density at radius 3 is 2.57 bits per heavy atom. The monoisotopic (exact) mass is 303 g/mol. The molecule has 2 aromatic carbocycles. The van der Waals surface area contributed by atoms with Gasteiger partial charge in [-0.15, -0.1) is 11.8 Å². The molecule has 0 radical (unpaired) electrons. The van der Waals surface area contributed by atoms with Crippen LogP contribution < -0.4 is 0 Å². The van der Waals surface area contributed by atoms with E-state index in [-0.39, 0.29) is 5.69 Å². The number of carbonyl (C=O) groups is 1. The predicted octanol–water partition coefficient (Wildman–Crippen LogP) is 3.67. The summed E-state index contributed by atoms with van der Waals surface area (Å²) in [6.45, 7) is 0. The molecule has 0 atom stereocenters. The molecule has 21 heavy (non-hydrogen) atoms. The lowest BCUT2D eigenvalue weighted by atomic mass is 10.2. The van der Waals surface area contributed by atoms with Crippen molar-refractivity contribution in [2.75, 3.05) is 7.11 Å². The third-order valence-corrected chi connectivity index (χ3v) is 3.93. The maximum absolute atomic E-state index is 11.5. The zero-order valence-corrected chi connectivity index (χ0v) is 12.1. The molecule has 0 fully saturated rings. The molecule has 2 aromatic rings. The standard InChI is InChI=1S/C15H13NO4S/c1-20-15(17)12-7-8-13(16(18)19)14(9-12)21-10-11-5-3-2-4-6-11/h2-9H,10H2,1H3. The van der Waals surface area contributed by atoms with E-state index in [9.17, 15) is 14.9 Å². The van der Waals surface area contributed by atoms with E-state index in [0.29, 0.717) is 16.2 Å². The van der Waals surface area contributed by atoms with Gasteiger partial charge in [-0.2, -0.15) is 0 Å². The highest BCUT2D eigenvalue weighted by molar-refractivity contribution is 7.98. The van der Waals surface area contributed by atoms with Crippen molar-refractivity contribution in [3.8, 4) is 0 Å². The summed E-state index contributed by atoms with van der Waals surface area (Å²) in [5.74, 6) is 0.0817. The number of ether oxygens (including phenoxy) is 1. The van der Waals surface area contributed by atoms with Gasteiger partial charge in [0.05, 0.1) is 22.5 Å². The molecule has 0 saturated heterocycles. The largest absolute Gasteiger partial charge is 0.465 e. The van der Waals surface area contributed by atoms with Crippen LogP contribution in [0.25, 0.3) is 0 Å². The van der Waals surface area contributed by atoms with E-state index in [2.05, 4.69) is 4.74 Å². The lowest BCUT2D eigenvalue weighted by molar-refractivity contribution is -0.387. The number of nitro benzene ring substituents is 1. The molecule has 0 aliphatic rings. The van der Waals surface area contributed by atoms with E-state index in [1.807, 2.05) is 30.3 Å². The Kier molecular flexibility index (Phi) is 4.94. The lowest BCUT2D eigenvalue weighted by Crippen LogP contribution is -2.02. The van der Waals surface area contributed by atoms with Gasteiger partial charge >= 0.3 is 5.97 Å². The summed E-state index contributed by atoms with van der Waals surface area (Å²) in [4.78, 5) is 22.6. The lowest BCUT2D eigenvalue weighted by Gasteiger charge is -2.05. The molecule has 0 aliphatic carbocycles. The van der Waals surface area contributed by atoms with E-state index in [4.69, 9.17) is 0 Å². The van der Waals surface area contributed by atoms with Crippen molar-refractivity contribution in [2.45, 2.75) is 10.6 Å². The average Bonchev–Trinajstić information content (AvgIpc) is 2.52. The Morgan fingerprint density at radius 2 is 1.95 bits per heavy atom. The number of nitrogens with zero attached hydrogens (tertiary/aromatic N) is 1. The Labute approximate surface area is 126 Å². The summed E-state index contributed by atoms with van der Waals surface area (Å²) < 4.78 is 4.64. The number of rotatable bonds is 5. The summed E-state index contributed by atoms with van der Waals surface area (Å²) in [6, 6.07) is 13.9. The van der Waals surface area contributed by atoms with Gasteiger partial charge in [-0.3, -0.25) is 10.1 Å². The SMILES string of the molecule is COC(=O)c1ccc([N+](=O)[O-])c(SCc2ccccc2)c1. The highest BCUT2D eigenvalue weighted by Crippen LogP contribution is 2.32. The minimum atomic E-state index is -0.508. The van der Waals surface area contributed by atoms with Gasteiger partial charge in [0.1, 0.15) is 0 Å². The topological polar surface area (TPSA) is 69.4 Å². The molecule has 0 unspecified atom stereocenters. The van der Waals surface area contributed by atoms with E-state index < -0.39 is 10.9 Å². The second-order valence-electron chi connectivity index (χ2n) is 4.21. The number of hydrogen-bond acceptors (Lipinski definition) is 5. The molecule has 2 rings (SSSR count). The van der Waals surface area contributed by atoms with Crippen LogP contribution in [0.2, 0.25) is 0 Å². The second kappa shape index (κ2) is 6.90. The minimum Gasteiger partial charge on any atom is -0.465 e. The van der Waals surface area contributed by atoms with Crippen molar-refractivity contribution in [3.05, 3.63) is 69.8 Å². The van der Waals surface area contributed by atoms with Crippen LogP contribution >= 0.6 is 11.8 Å².